The molecule has 10 aromatic rings. The molecule has 0 aliphatic heterocycles. The van der Waals surface area contributed by atoms with Crippen LogP contribution in [0.5, 0.6) is 0 Å². The van der Waals surface area contributed by atoms with Crippen LogP contribution in [0.25, 0.3) is 97.7 Å². The Balaban J connectivity index is 1.08. The zero-order chi connectivity index (χ0) is 34.4. The van der Waals surface area contributed by atoms with Gasteiger partial charge < -0.3 is 0 Å². The molecular weight excluding hydrogens is 625 g/mol. The lowest BCUT2D eigenvalue weighted by molar-refractivity contribution is 0.665. The first kappa shape index (κ1) is 27.9. The van der Waals surface area contributed by atoms with Crippen LogP contribution in [0, 0.1) is 0 Å². The molecule has 52 heavy (non-hydrogen) atoms. The van der Waals surface area contributed by atoms with E-state index in [1.54, 1.807) is 0 Å². The molecular formula is C52H36. The van der Waals surface area contributed by atoms with Crippen molar-refractivity contribution in [1.82, 2.24) is 0 Å². The highest BCUT2D eigenvalue weighted by molar-refractivity contribution is 6.27. The molecule has 3 aliphatic rings. The second kappa shape index (κ2) is 8.83. The molecule has 3 aliphatic carbocycles. The van der Waals surface area contributed by atoms with Crippen LogP contribution in [0.2, 0.25) is 0 Å². The zero-order valence-electron chi connectivity index (χ0n) is 30.0. The first-order valence-corrected chi connectivity index (χ1v) is 19.1. The van der Waals surface area contributed by atoms with Crippen molar-refractivity contribution in [3.63, 3.8) is 0 Å². The molecule has 0 nitrogen and oxygen atoms in total. The summed E-state index contributed by atoms with van der Waals surface area (Å²) in [7, 11) is 0. The van der Waals surface area contributed by atoms with E-state index in [9.17, 15) is 0 Å². The third kappa shape index (κ3) is 3.04. The van der Waals surface area contributed by atoms with E-state index in [2.05, 4.69) is 149 Å². The van der Waals surface area contributed by atoms with Gasteiger partial charge in [-0.15, -0.1) is 0 Å². The largest absolute Gasteiger partial charge is 0.0614 e. The second-order valence-electron chi connectivity index (χ2n) is 17.1. The van der Waals surface area contributed by atoms with Crippen LogP contribution in [-0.4, -0.2) is 0 Å². The quantitative estimate of drug-likeness (QED) is 0.142. The predicted octanol–water partition coefficient (Wildman–Crippen LogP) is 13.9. The number of aryl methyl sites for hydroxylation is 2. The van der Waals surface area contributed by atoms with Gasteiger partial charge in [0, 0.05) is 10.8 Å². The molecule has 0 N–H and O–H groups in total. The van der Waals surface area contributed by atoms with Gasteiger partial charge in [-0.05, 0) is 150 Å². The molecule has 13 rings (SSSR count). The van der Waals surface area contributed by atoms with E-state index in [1.165, 1.54) is 131 Å². The van der Waals surface area contributed by atoms with Crippen molar-refractivity contribution >= 4 is 75.4 Å². The van der Waals surface area contributed by atoms with Gasteiger partial charge >= 0.3 is 0 Å². The van der Waals surface area contributed by atoms with Crippen LogP contribution >= 0.6 is 0 Å². The monoisotopic (exact) mass is 660 g/mol. The normalized spacial score (nSPS) is 16.2. The van der Waals surface area contributed by atoms with Gasteiger partial charge in [0.2, 0.25) is 0 Å². The summed E-state index contributed by atoms with van der Waals surface area (Å²) in [6.07, 6.45) is 2.24. The maximum atomic E-state index is 2.59. The molecule has 0 amide bonds. The fourth-order valence-electron chi connectivity index (χ4n) is 11.8. The van der Waals surface area contributed by atoms with Crippen LogP contribution in [0.15, 0.2) is 121 Å². The predicted molar refractivity (Wildman–Crippen MR) is 223 cm³/mol. The van der Waals surface area contributed by atoms with Crippen molar-refractivity contribution in [2.24, 2.45) is 0 Å². The summed E-state index contributed by atoms with van der Waals surface area (Å²) >= 11 is 0. The highest BCUT2D eigenvalue weighted by Crippen LogP contribution is 2.58. The minimum absolute atomic E-state index is 0.0998. The Hall–Kier alpha value is -5.72. The molecule has 0 bridgehead atoms. The van der Waals surface area contributed by atoms with Gasteiger partial charge in [-0.25, -0.2) is 0 Å². The molecule has 0 atom stereocenters. The highest BCUT2D eigenvalue weighted by atomic mass is 14.4. The summed E-state index contributed by atoms with van der Waals surface area (Å²) in [4.78, 5) is 0. The summed E-state index contributed by atoms with van der Waals surface area (Å²) < 4.78 is 0. The summed E-state index contributed by atoms with van der Waals surface area (Å²) in [5.74, 6) is 0. The molecule has 0 radical (unpaired) electrons. The number of hydrogen-bond acceptors (Lipinski definition) is 0. The van der Waals surface area contributed by atoms with E-state index in [0.717, 1.165) is 12.8 Å². The fraction of sp³-hybridized carbons (Fsp3) is 0.154. The second-order valence-corrected chi connectivity index (χ2v) is 17.1. The van der Waals surface area contributed by atoms with Crippen LogP contribution in [-0.2, 0) is 23.7 Å². The number of rotatable bonds is 0. The molecule has 244 valence electrons. The average molecular weight is 661 g/mol. The number of hydrogen-bond donors (Lipinski definition) is 0. The average Bonchev–Trinajstić information content (AvgIpc) is 3.55. The first-order chi connectivity index (χ1) is 25.3. The molecule has 0 heterocycles. The van der Waals surface area contributed by atoms with Gasteiger partial charge in [0.1, 0.15) is 0 Å². The Bertz CT molecular complexity index is 3310. The standard InChI is InChI=1S/C52H36/c1-51(2)41-25-31-13-11-27-7-5-9-29-15-17-37(45(31)43(27)29)47(41)39-23-19-33-34-20-24-40-48-38-18-16-30-10-6-8-28-12-14-32(46(38)44(28)30)26-42(48)52(3,4)50(40)36(34)22-21-35(33)49(39)51/h5-11,13,15-26H,12,14H2,1-4H3. The molecule has 0 saturated heterocycles. The summed E-state index contributed by atoms with van der Waals surface area (Å²) in [6, 6.07) is 47.6. The van der Waals surface area contributed by atoms with Gasteiger partial charge in [-0.2, -0.15) is 0 Å². The summed E-state index contributed by atoms with van der Waals surface area (Å²) in [6.45, 7) is 9.84. The third-order valence-corrected chi connectivity index (χ3v) is 14.0. The van der Waals surface area contributed by atoms with Gasteiger partial charge in [0.15, 0.2) is 0 Å². The summed E-state index contributed by atoms with van der Waals surface area (Å²) in [5, 5.41) is 19.5. The van der Waals surface area contributed by atoms with Crippen LogP contribution in [0.3, 0.4) is 0 Å². The molecule has 0 aromatic heterocycles. The Labute approximate surface area is 302 Å². The number of benzene rings is 10. The third-order valence-electron chi connectivity index (χ3n) is 14.0. The Kier molecular flexibility index (Phi) is 4.74. The van der Waals surface area contributed by atoms with Crippen LogP contribution < -0.4 is 0 Å². The van der Waals surface area contributed by atoms with Crippen molar-refractivity contribution in [2.75, 3.05) is 0 Å². The van der Waals surface area contributed by atoms with E-state index in [0.29, 0.717) is 0 Å². The molecule has 0 spiro atoms. The Morgan fingerprint density at radius 2 is 0.846 bits per heavy atom. The Morgan fingerprint density at radius 1 is 0.365 bits per heavy atom. The molecule has 0 unspecified atom stereocenters. The van der Waals surface area contributed by atoms with Gasteiger partial charge in [0.05, 0.1) is 0 Å². The lowest BCUT2D eigenvalue weighted by Crippen LogP contribution is -2.17. The summed E-state index contributed by atoms with van der Waals surface area (Å²) in [5.41, 5.74) is 14.4. The number of fused-ring (bicyclic) bond motifs is 13. The maximum absolute atomic E-state index is 2.59. The van der Waals surface area contributed by atoms with Crippen molar-refractivity contribution in [2.45, 2.75) is 51.4 Å². The minimum atomic E-state index is -0.127. The zero-order valence-corrected chi connectivity index (χ0v) is 30.0. The first-order valence-electron chi connectivity index (χ1n) is 19.1. The Morgan fingerprint density at radius 3 is 1.50 bits per heavy atom. The van der Waals surface area contributed by atoms with E-state index in [1.807, 2.05) is 0 Å². The topological polar surface area (TPSA) is 0 Å². The van der Waals surface area contributed by atoms with Gasteiger partial charge in [-0.1, -0.05) is 143 Å². The minimum Gasteiger partial charge on any atom is -0.0614 e. The van der Waals surface area contributed by atoms with Crippen molar-refractivity contribution < 1.29 is 0 Å². The van der Waals surface area contributed by atoms with E-state index < -0.39 is 0 Å². The van der Waals surface area contributed by atoms with Crippen LogP contribution in [0.1, 0.15) is 61.1 Å². The smallest absolute Gasteiger partial charge is 0.0165 e. The van der Waals surface area contributed by atoms with E-state index in [-0.39, 0.29) is 10.8 Å². The van der Waals surface area contributed by atoms with Crippen LogP contribution in [0.4, 0.5) is 0 Å². The molecule has 10 aromatic carbocycles. The maximum Gasteiger partial charge on any atom is 0.0165 e. The van der Waals surface area contributed by atoms with Crippen molar-refractivity contribution in [1.29, 1.82) is 0 Å². The SMILES string of the molecule is CC1(C)c2cc3c4c(ccc5cccc(c54)CC3)c2-c2ccc3c(ccc4c5c(ccc43)-c3c(cc4ccc6cccc7ccc3c4c67)C5(C)C)c21. The van der Waals surface area contributed by atoms with E-state index >= 15 is 0 Å². The van der Waals surface area contributed by atoms with Crippen molar-refractivity contribution in [3.05, 3.63) is 155 Å². The highest BCUT2D eigenvalue weighted by Gasteiger charge is 2.41. The fourth-order valence-corrected chi connectivity index (χ4v) is 11.8. The van der Waals surface area contributed by atoms with E-state index in [4.69, 9.17) is 0 Å². The lowest BCUT2D eigenvalue weighted by atomic mass is 9.76. The lowest BCUT2D eigenvalue weighted by Gasteiger charge is -2.26. The molecule has 0 heteroatoms. The van der Waals surface area contributed by atoms with Gasteiger partial charge in [0.25, 0.3) is 0 Å². The van der Waals surface area contributed by atoms with Gasteiger partial charge in [-0.3, -0.25) is 0 Å². The molecule has 0 saturated carbocycles. The molecule has 0 fully saturated rings. The van der Waals surface area contributed by atoms with Crippen molar-refractivity contribution in [3.8, 4) is 22.3 Å².